The predicted octanol–water partition coefficient (Wildman–Crippen LogP) is 3.62. The van der Waals surface area contributed by atoms with E-state index >= 15 is 0 Å². The average molecular weight is 339 g/mol. The maximum Gasteiger partial charge on any atom is 0.274 e. The monoisotopic (exact) mass is 339 g/mol. The number of rotatable bonds is 6. The van der Waals surface area contributed by atoms with Gasteiger partial charge in [0, 0.05) is 18.1 Å². The van der Waals surface area contributed by atoms with Crippen LogP contribution in [0, 0.1) is 17.0 Å². The molecule has 3 aromatic rings. The van der Waals surface area contributed by atoms with E-state index in [1.54, 1.807) is 12.1 Å². The van der Waals surface area contributed by atoms with Crippen molar-refractivity contribution in [2.75, 3.05) is 5.73 Å². The first kappa shape index (κ1) is 16.9. The third-order valence-corrected chi connectivity index (χ3v) is 4.30. The van der Waals surface area contributed by atoms with Crippen LogP contribution in [-0.4, -0.2) is 19.5 Å². The van der Waals surface area contributed by atoms with Gasteiger partial charge in [-0.05, 0) is 19.4 Å². The molecule has 3 rings (SSSR count). The highest BCUT2D eigenvalue weighted by atomic mass is 16.6. The Morgan fingerprint density at radius 2 is 2.04 bits per heavy atom. The molecule has 0 aliphatic carbocycles. The Kier molecular flexibility index (Phi) is 4.65. The van der Waals surface area contributed by atoms with Crippen molar-refractivity contribution in [3.05, 3.63) is 57.5 Å². The van der Waals surface area contributed by atoms with E-state index in [9.17, 15) is 10.1 Å². The number of hydrogen-bond donors (Lipinski definition) is 1. The first-order valence-electron chi connectivity index (χ1n) is 8.35. The molecule has 0 saturated carbocycles. The summed E-state index contributed by atoms with van der Waals surface area (Å²) in [5.41, 5.74) is 9.49. The number of nitrogens with zero attached hydrogens (tertiary/aromatic N) is 4. The molecule has 130 valence electrons. The molecule has 0 amide bonds. The van der Waals surface area contributed by atoms with Gasteiger partial charge in [0.2, 0.25) is 0 Å². The number of nitro groups is 1. The van der Waals surface area contributed by atoms with Gasteiger partial charge in [0.1, 0.15) is 11.3 Å². The highest BCUT2D eigenvalue weighted by Crippen LogP contribution is 2.25. The third-order valence-electron chi connectivity index (χ3n) is 4.30. The van der Waals surface area contributed by atoms with Gasteiger partial charge in [0.15, 0.2) is 5.65 Å². The van der Waals surface area contributed by atoms with Crippen LogP contribution in [0.4, 0.5) is 11.4 Å². The molecule has 2 aromatic heterocycles. The molecule has 1 aromatic carbocycles. The Morgan fingerprint density at radius 3 is 2.76 bits per heavy atom. The van der Waals surface area contributed by atoms with E-state index in [2.05, 4.69) is 16.9 Å². The SMILES string of the molecule is CCCCc1nc2cc(N)c(C)nc2n1Cc1ccccc1[N+](=O)[O-]. The summed E-state index contributed by atoms with van der Waals surface area (Å²) >= 11 is 0. The number of anilines is 1. The Bertz CT molecular complexity index is 933. The molecule has 0 bridgehead atoms. The maximum absolute atomic E-state index is 11.3. The molecule has 0 aliphatic heterocycles. The van der Waals surface area contributed by atoms with Crippen LogP contribution in [0.1, 0.15) is 36.8 Å². The lowest BCUT2D eigenvalue weighted by Crippen LogP contribution is -2.08. The summed E-state index contributed by atoms with van der Waals surface area (Å²) in [4.78, 5) is 20.2. The van der Waals surface area contributed by atoms with E-state index in [4.69, 9.17) is 5.73 Å². The van der Waals surface area contributed by atoms with E-state index in [0.29, 0.717) is 17.8 Å². The smallest absolute Gasteiger partial charge is 0.274 e. The van der Waals surface area contributed by atoms with Crippen molar-refractivity contribution in [2.45, 2.75) is 39.7 Å². The summed E-state index contributed by atoms with van der Waals surface area (Å²) in [5.74, 6) is 0.882. The molecule has 0 fully saturated rings. The molecule has 0 spiro atoms. The van der Waals surface area contributed by atoms with Crippen LogP contribution in [-0.2, 0) is 13.0 Å². The van der Waals surface area contributed by atoms with Crippen LogP contribution in [0.5, 0.6) is 0 Å². The van der Waals surface area contributed by atoms with E-state index in [1.807, 2.05) is 23.6 Å². The van der Waals surface area contributed by atoms with Crippen LogP contribution in [0.25, 0.3) is 11.2 Å². The standard InChI is InChI=1S/C18H21N5O2/c1-3-4-9-17-21-15-10-14(19)12(2)20-18(15)22(17)11-13-7-5-6-8-16(13)23(24)25/h5-8,10H,3-4,9,11,19H2,1-2H3. The maximum atomic E-state index is 11.3. The number of para-hydroxylation sites is 1. The number of nitro benzene ring substituents is 1. The number of aryl methyl sites for hydroxylation is 2. The third kappa shape index (κ3) is 3.31. The molecular weight excluding hydrogens is 318 g/mol. The van der Waals surface area contributed by atoms with Crippen molar-refractivity contribution in [2.24, 2.45) is 0 Å². The number of aromatic nitrogens is 3. The van der Waals surface area contributed by atoms with Gasteiger partial charge < -0.3 is 10.3 Å². The number of benzene rings is 1. The van der Waals surface area contributed by atoms with Crippen molar-refractivity contribution in [1.29, 1.82) is 0 Å². The predicted molar refractivity (Wildman–Crippen MR) is 97.5 cm³/mol. The summed E-state index contributed by atoms with van der Waals surface area (Å²) in [5, 5.41) is 11.3. The molecule has 2 heterocycles. The highest BCUT2D eigenvalue weighted by molar-refractivity contribution is 5.76. The molecule has 2 N–H and O–H groups in total. The van der Waals surface area contributed by atoms with Crippen LogP contribution < -0.4 is 5.73 Å². The summed E-state index contributed by atoms with van der Waals surface area (Å²) in [6, 6.07) is 8.61. The fourth-order valence-corrected chi connectivity index (χ4v) is 2.88. The van der Waals surface area contributed by atoms with Crippen LogP contribution >= 0.6 is 0 Å². The van der Waals surface area contributed by atoms with Gasteiger partial charge in [-0.1, -0.05) is 31.5 Å². The lowest BCUT2D eigenvalue weighted by Gasteiger charge is -2.10. The van der Waals surface area contributed by atoms with Gasteiger partial charge in [-0.15, -0.1) is 0 Å². The number of fused-ring (bicyclic) bond motifs is 1. The van der Waals surface area contributed by atoms with Gasteiger partial charge in [-0.25, -0.2) is 9.97 Å². The summed E-state index contributed by atoms with van der Waals surface area (Å²) in [7, 11) is 0. The van der Waals surface area contributed by atoms with Crippen molar-refractivity contribution in [1.82, 2.24) is 14.5 Å². The molecule has 0 unspecified atom stereocenters. The zero-order chi connectivity index (χ0) is 18.0. The lowest BCUT2D eigenvalue weighted by molar-refractivity contribution is -0.385. The highest BCUT2D eigenvalue weighted by Gasteiger charge is 2.18. The minimum atomic E-state index is -0.350. The minimum Gasteiger partial charge on any atom is -0.397 e. The summed E-state index contributed by atoms with van der Waals surface area (Å²) < 4.78 is 1.97. The van der Waals surface area contributed by atoms with E-state index < -0.39 is 0 Å². The number of hydrogen-bond acceptors (Lipinski definition) is 5. The molecule has 0 aliphatic rings. The Morgan fingerprint density at radius 1 is 1.28 bits per heavy atom. The van der Waals surface area contributed by atoms with Gasteiger partial charge in [0.25, 0.3) is 5.69 Å². The number of imidazole rings is 1. The fraction of sp³-hybridized carbons (Fsp3) is 0.333. The van der Waals surface area contributed by atoms with Crippen molar-refractivity contribution in [3.8, 4) is 0 Å². The topological polar surface area (TPSA) is 99.9 Å². The van der Waals surface area contributed by atoms with Gasteiger partial charge in [0.05, 0.1) is 22.8 Å². The zero-order valence-electron chi connectivity index (χ0n) is 14.4. The van der Waals surface area contributed by atoms with Gasteiger partial charge >= 0.3 is 0 Å². The first-order chi connectivity index (χ1) is 12.0. The largest absolute Gasteiger partial charge is 0.397 e. The number of pyridine rings is 1. The molecule has 0 saturated heterocycles. The normalized spacial score (nSPS) is 11.1. The van der Waals surface area contributed by atoms with Crippen molar-refractivity contribution in [3.63, 3.8) is 0 Å². The molecular formula is C18H21N5O2. The number of unbranched alkanes of at least 4 members (excludes halogenated alkanes) is 1. The second-order valence-electron chi connectivity index (χ2n) is 6.11. The summed E-state index contributed by atoms with van der Waals surface area (Å²) in [6.45, 7) is 4.33. The van der Waals surface area contributed by atoms with Gasteiger partial charge in [-0.3, -0.25) is 10.1 Å². The average Bonchev–Trinajstić information content (AvgIpc) is 2.90. The van der Waals surface area contributed by atoms with Crippen molar-refractivity contribution >= 4 is 22.5 Å². The van der Waals surface area contributed by atoms with Crippen molar-refractivity contribution < 1.29 is 4.92 Å². The van der Waals surface area contributed by atoms with E-state index in [1.165, 1.54) is 6.07 Å². The Balaban J connectivity index is 2.13. The number of nitrogen functional groups attached to an aromatic ring is 1. The molecule has 0 radical (unpaired) electrons. The molecule has 25 heavy (non-hydrogen) atoms. The quantitative estimate of drug-likeness (QED) is 0.546. The second-order valence-corrected chi connectivity index (χ2v) is 6.11. The van der Waals surface area contributed by atoms with Crippen LogP contribution in [0.3, 0.4) is 0 Å². The van der Waals surface area contributed by atoms with Crippen LogP contribution in [0.2, 0.25) is 0 Å². The molecule has 7 heteroatoms. The molecule has 7 nitrogen and oxygen atoms in total. The van der Waals surface area contributed by atoms with Gasteiger partial charge in [-0.2, -0.15) is 0 Å². The fourth-order valence-electron chi connectivity index (χ4n) is 2.88. The number of nitrogens with two attached hydrogens (primary N) is 1. The van der Waals surface area contributed by atoms with E-state index in [0.717, 1.165) is 41.9 Å². The van der Waals surface area contributed by atoms with E-state index in [-0.39, 0.29) is 10.6 Å². The Hall–Kier alpha value is -2.96. The minimum absolute atomic E-state index is 0.109. The first-order valence-corrected chi connectivity index (χ1v) is 8.35. The summed E-state index contributed by atoms with van der Waals surface area (Å²) in [6.07, 6.45) is 2.84. The zero-order valence-corrected chi connectivity index (χ0v) is 14.4. The molecule has 0 atom stereocenters. The lowest BCUT2D eigenvalue weighted by atomic mass is 10.1. The van der Waals surface area contributed by atoms with Crippen LogP contribution in [0.15, 0.2) is 30.3 Å². The second kappa shape index (κ2) is 6.88. The Labute approximate surface area is 145 Å².